The van der Waals surface area contributed by atoms with Gasteiger partial charge in [-0.3, -0.25) is 0 Å². The number of benzene rings is 9. The van der Waals surface area contributed by atoms with Crippen molar-refractivity contribution in [2.45, 2.75) is 27.7 Å². The monoisotopic (exact) mass is 926 g/mol. The lowest BCUT2D eigenvalue weighted by atomic mass is 10.0. The molecule has 0 fully saturated rings. The fourth-order valence-electron chi connectivity index (χ4n) is 10.8. The molecule has 0 saturated heterocycles. The van der Waals surface area contributed by atoms with Crippen LogP contribution in [0.1, 0.15) is 22.3 Å². The van der Waals surface area contributed by atoms with E-state index in [1.54, 1.807) is 0 Å². The third kappa shape index (κ3) is 7.14. The van der Waals surface area contributed by atoms with Crippen LogP contribution < -0.4 is 0 Å². The largest absolute Gasteiger partial charge is 0.309 e. The van der Waals surface area contributed by atoms with Gasteiger partial charge in [-0.15, -0.1) is 0 Å². The molecule has 0 spiro atoms. The minimum absolute atomic E-state index is 0.637. The van der Waals surface area contributed by atoms with Crippen molar-refractivity contribution < 1.29 is 0 Å². The Morgan fingerprint density at radius 3 is 0.792 bits per heavy atom. The molecule has 0 amide bonds. The van der Waals surface area contributed by atoms with E-state index in [1.165, 1.54) is 21.5 Å². The van der Waals surface area contributed by atoms with Gasteiger partial charge in [-0.05, 0) is 98.5 Å². The van der Waals surface area contributed by atoms with Crippen molar-refractivity contribution >= 4 is 43.6 Å². The van der Waals surface area contributed by atoms with Crippen LogP contribution in [0.2, 0.25) is 0 Å². The van der Waals surface area contributed by atoms with Gasteiger partial charge in [0.2, 0.25) is 0 Å². The van der Waals surface area contributed by atoms with Crippen molar-refractivity contribution in [3.63, 3.8) is 0 Å². The predicted octanol–water partition coefficient (Wildman–Crippen LogP) is 15.5. The fourth-order valence-corrected chi connectivity index (χ4v) is 10.8. The third-order valence-corrected chi connectivity index (χ3v) is 13.8. The molecule has 8 nitrogen and oxygen atoms in total. The van der Waals surface area contributed by atoms with Crippen LogP contribution in [0.3, 0.4) is 0 Å². The van der Waals surface area contributed by atoms with Gasteiger partial charge in [-0.1, -0.05) is 158 Å². The zero-order valence-electron chi connectivity index (χ0n) is 40.2. The van der Waals surface area contributed by atoms with Gasteiger partial charge in [-0.25, -0.2) is 29.9 Å². The van der Waals surface area contributed by atoms with E-state index in [2.05, 4.69) is 122 Å². The van der Waals surface area contributed by atoms with Crippen LogP contribution in [0, 0.1) is 27.7 Å². The summed E-state index contributed by atoms with van der Waals surface area (Å²) >= 11 is 0. The number of aromatic nitrogens is 8. The standard InChI is InChI=1S/C64H46N8/c1-39-35-47(63-67-59(43-21-9-5-10-22-43)65-60(68-63)44-23-11-6-12-24-44)36-40(2)57(39)71-51-31-19-17-29-49(51)55-53(71)33-34-54-56(55)50-30-18-20-32-52(50)72(54)58-41(3)37-48(38-42(58)4)64-69-61(45-25-13-7-14-26-45)66-62(70-64)46-27-15-8-16-28-46/h5-38H,1-4H3. The summed E-state index contributed by atoms with van der Waals surface area (Å²) in [4.78, 5) is 30.3. The quantitative estimate of drug-likeness (QED) is 0.151. The first-order valence-electron chi connectivity index (χ1n) is 24.3. The maximum absolute atomic E-state index is 5.09. The van der Waals surface area contributed by atoms with Gasteiger partial charge in [0.15, 0.2) is 34.9 Å². The van der Waals surface area contributed by atoms with Crippen molar-refractivity contribution in [2.75, 3.05) is 0 Å². The first-order chi connectivity index (χ1) is 35.4. The molecular formula is C64H46N8. The van der Waals surface area contributed by atoms with E-state index < -0.39 is 0 Å². The van der Waals surface area contributed by atoms with E-state index in [0.717, 1.165) is 89.1 Å². The third-order valence-electron chi connectivity index (χ3n) is 13.8. The summed E-state index contributed by atoms with van der Waals surface area (Å²) in [5.74, 6) is 3.84. The molecular weight excluding hydrogens is 881 g/mol. The Balaban J connectivity index is 0.972. The first kappa shape index (κ1) is 42.7. The highest BCUT2D eigenvalue weighted by Gasteiger charge is 2.24. The molecule has 0 saturated carbocycles. The van der Waals surface area contributed by atoms with Crippen LogP contribution in [-0.2, 0) is 0 Å². The molecule has 0 bridgehead atoms. The second-order valence-electron chi connectivity index (χ2n) is 18.6. The van der Waals surface area contributed by atoms with E-state index in [-0.39, 0.29) is 0 Å². The second-order valence-corrected chi connectivity index (χ2v) is 18.6. The molecule has 13 rings (SSSR count). The molecule has 342 valence electrons. The molecule has 0 aliphatic carbocycles. The molecule has 0 unspecified atom stereocenters. The Bertz CT molecular complexity index is 3800. The lowest BCUT2D eigenvalue weighted by Crippen LogP contribution is -2.04. The van der Waals surface area contributed by atoms with E-state index in [9.17, 15) is 0 Å². The molecule has 9 aromatic carbocycles. The van der Waals surface area contributed by atoms with Gasteiger partial charge >= 0.3 is 0 Å². The zero-order valence-corrected chi connectivity index (χ0v) is 40.2. The number of nitrogens with zero attached hydrogens (tertiary/aromatic N) is 8. The van der Waals surface area contributed by atoms with Gasteiger partial charge < -0.3 is 9.13 Å². The molecule has 13 aromatic rings. The first-order valence-corrected chi connectivity index (χ1v) is 24.3. The van der Waals surface area contributed by atoms with Gasteiger partial charge in [0, 0.05) is 54.9 Å². The highest BCUT2D eigenvalue weighted by Crippen LogP contribution is 2.44. The molecule has 0 atom stereocenters. The summed E-state index contributed by atoms with van der Waals surface area (Å²) in [6.45, 7) is 8.80. The summed E-state index contributed by atoms with van der Waals surface area (Å²) in [6.07, 6.45) is 0. The van der Waals surface area contributed by atoms with Crippen LogP contribution in [0.25, 0.3) is 123 Å². The Morgan fingerprint density at radius 1 is 0.250 bits per heavy atom. The molecule has 8 heteroatoms. The maximum atomic E-state index is 5.09. The van der Waals surface area contributed by atoms with Gasteiger partial charge in [0.25, 0.3) is 0 Å². The van der Waals surface area contributed by atoms with E-state index in [1.807, 2.05) is 121 Å². The molecule has 0 radical (unpaired) electrons. The Labute approximate surface area is 416 Å². The van der Waals surface area contributed by atoms with Gasteiger partial charge in [0.1, 0.15) is 0 Å². The van der Waals surface area contributed by atoms with E-state index in [4.69, 9.17) is 29.9 Å². The normalized spacial score (nSPS) is 11.6. The highest BCUT2D eigenvalue weighted by atomic mass is 15.1. The number of aryl methyl sites for hydroxylation is 4. The topological polar surface area (TPSA) is 87.2 Å². The Kier molecular flexibility index (Phi) is 10.2. The summed E-state index contributed by atoms with van der Waals surface area (Å²) in [7, 11) is 0. The summed E-state index contributed by atoms with van der Waals surface area (Å²) < 4.78 is 4.91. The van der Waals surface area contributed by atoms with Gasteiger partial charge in [0.05, 0.1) is 33.4 Å². The van der Waals surface area contributed by atoms with Crippen LogP contribution in [0.15, 0.2) is 206 Å². The summed E-state index contributed by atoms with van der Waals surface area (Å²) in [5, 5.41) is 4.83. The van der Waals surface area contributed by atoms with Crippen LogP contribution in [-0.4, -0.2) is 39.0 Å². The molecule has 4 aromatic heterocycles. The maximum Gasteiger partial charge on any atom is 0.164 e. The minimum Gasteiger partial charge on any atom is -0.309 e. The van der Waals surface area contributed by atoms with E-state index in [0.29, 0.717) is 34.9 Å². The molecule has 0 aliphatic heterocycles. The number of rotatable bonds is 8. The van der Waals surface area contributed by atoms with Crippen molar-refractivity contribution in [3.8, 4) is 79.7 Å². The summed E-state index contributed by atoms with van der Waals surface area (Å²) in [6, 6.07) is 71.7. The highest BCUT2D eigenvalue weighted by molar-refractivity contribution is 6.29. The van der Waals surface area contributed by atoms with Crippen LogP contribution in [0.4, 0.5) is 0 Å². The molecule has 4 heterocycles. The van der Waals surface area contributed by atoms with Crippen molar-refractivity contribution in [2.24, 2.45) is 0 Å². The number of para-hydroxylation sites is 2. The van der Waals surface area contributed by atoms with Crippen LogP contribution >= 0.6 is 0 Å². The molecule has 0 N–H and O–H groups in total. The zero-order chi connectivity index (χ0) is 48.5. The molecule has 72 heavy (non-hydrogen) atoms. The smallest absolute Gasteiger partial charge is 0.164 e. The predicted molar refractivity (Wildman–Crippen MR) is 293 cm³/mol. The van der Waals surface area contributed by atoms with Crippen molar-refractivity contribution in [3.05, 3.63) is 229 Å². The summed E-state index contributed by atoms with van der Waals surface area (Å²) in [5.41, 5.74) is 17.0. The average Bonchev–Trinajstić information content (AvgIpc) is 3.93. The van der Waals surface area contributed by atoms with Crippen molar-refractivity contribution in [1.29, 1.82) is 0 Å². The van der Waals surface area contributed by atoms with Gasteiger partial charge in [-0.2, -0.15) is 0 Å². The lowest BCUT2D eigenvalue weighted by molar-refractivity contribution is 1.07. The Hall–Kier alpha value is -9.40. The van der Waals surface area contributed by atoms with E-state index >= 15 is 0 Å². The average molecular weight is 927 g/mol. The molecule has 0 aliphatic rings. The SMILES string of the molecule is Cc1cc(-c2nc(-c3ccccc3)nc(-c3ccccc3)n2)cc(C)c1-n1c2ccccc2c2c3c4ccccc4n(-c4c(C)cc(-c5nc(-c6ccccc6)nc(-c6ccccc6)n5)cc4C)c3ccc21. The number of hydrogen-bond acceptors (Lipinski definition) is 6. The number of hydrogen-bond donors (Lipinski definition) is 0. The lowest BCUT2D eigenvalue weighted by Gasteiger charge is -2.17. The van der Waals surface area contributed by atoms with Crippen molar-refractivity contribution in [1.82, 2.24) is 39.0 Å². The second kappa shape index (κ2) is 17.2. The number of fused-ring (bicyclic) bond motifs is 7. The Morgan fingerprint density at radius 2 is 0.500 bits per heavy atom. The fraction of sp³-hybridized carbons (Fsp3) is 0.0625. The minimum atomic E-state index is 0.637. The van der Waals surface area contributed by atoms with Crippen LogP contribution in [0.5, 0.6) is 0 Å².